The highest BCUT2D eigenvalue weighted by Gasteiger charge is 2.18. The molecule has 1 aromatic heterocycles. The molecule has 0 fully saturated rings. The largest absolute Gasteiger partial charge is 0.507 e. The zero-order valence-electron chi connectivity index (χ0n) is 12.4. The molecule has 0 unspecified atom stereocenters. The minimum Gasteiger partial charge on any atom is -0.507 e. The summed E-state index contributed by atoms with van der Waals surface area (Å²) in [5.41, 5.74) is 2.04. The minimum absolute atomic E-state index is 0.0964. The van der Waals surface area contributed by atoms with E-state index in [0.29, 0.717) is 11.2 Å². The molecule has 0 aliphatic rings. The van der Waals surface area contributed by atoms with Crippen molar-refractivity contribution < 1.29 is 19.8 Å². The highest BCUT2D eigenvalue weighted by molar-refractivity contribution is 6.08. The van der Waals surface area contributed by atoms with Crippen LogP contribution in [0, 0.1) is 0 Å². The summed E-state index contributed by atoms with van der Waals surface area (Å²) in [6.45, 7) is -0.551. The molecular weight excluding hydrogens is 310 g/mol. The van der Waals surface area contributed by atoms with Gasteiger partial charge in [-0.25, -0.2) is 4.98 Å². The van der Waals surface area contributed by atoms with Gasteiger partial charge >= 0.3 is 5.97 Å². The molecule has 0 saturated heterocycles. The molecular formula is C17H13N3O4. The van der Waals surface area contributed by atoms with E-state index in [1.165, 1.54) is 12.3 Å². The van der Waals surface area contributed by atoms with Crippen LogP contribution in [0.15, 0.2) is 48.7 Å². The third-order valence-electron chi connectivity index (χ3n) is 3.39. The van der Waals surface area contributed by atoms with Crippen LogP contribution in [0.1, 0.15) is 10.4 Å². The number of aliphatic carboxylic acids is 1. The van der Waals surface area contributed by atoms with Crippen molar-refractivity contribution in [2.24, 2.45) is 0 Å². The summed E-state index contributed by atoms with van der Waals surface area (Å²) in [6, 6.07) is 12.3. The fourth-order valence-corrected chi connectivity index (χ4v) is 2.29. The van der Waals surface area contributed by atoms with Crippen LogP contribution in [-0.2, 0) is 4.79 Å². The second-order valence-corrected chi connectivity index (χ2v) is 5.03. The van der Waals surface area contributed by atoms with Gasteiger partial charge in [-0.05, 0) is 12.1 Å². The summed E-state index contributed by atoms with van der Waals surface area (Å²) in [5.74, 6) is -2.19. The van der Waals surface area contributed by atoms with Crippen molar-refractivity contribution in [3.63, 3.8) is 0 Å². The van der Waals surface area contributed by atoms with Gasteiger partial charge in [-0.15, -0.1) is 0 Å². The molecule has 0 radical (unpaired) electrons. The molecule has 0 bridgehead atoms. The Balaban J connectivity index is 2.06. The zero-order valence-corrected chi connectivity index (χ0v) is 12.4. The smallest absolute Gasteiger partial charge is 0.322 e. The summed E-state index contributed by atoms with van der Waals surface area (Å²) >= 11 is 0. The van der Waals surface area contributed by atoms with Crippen molar-refractivity contribution in [1.82, 2.24) is 15.3 Å². The number of carboxylic acids is 1. The number of carbonyl (C=O) groups is 2. The number of hydrogen-bond donors (Lipinski definition) is 3. The molecule has 120 valence electrons. The predicted molar refractivity (Wildman–Crippen MR) is 86.6 cm³/mol. The Morgan fingerprint density at radius 3 is 2.54 bits per heavy atom. The summed E-state index contributed by atoms with van der Waals surface area (Å²) in [7, 11) is 0. The topological polar surface area (TPSA) is 112 Å². The molecule has 0 saturated carbocycles. The Morgan fingerprint density at radius 1 is 1.08 bits per heavy atom. The van der Waals surface area contributed by atoms with Gasteiger partial charge in [0.05, 0.1) is 17.4 Å². The number of nitrogens with zero attached hydrogens (tertiary/aromatic N) is 2. The summed E-state index contributed by atoms with van der Waals surface area (Å²) in [4.78, 5) is 31.4. The van der Waals surface area contributed by atoms with E-state index in [2.05, 4.69) is 15.3 Å². The Morgan fingerprint density at radius 2 is 1.83 bits per heavy atom. The molecule has 3 rings (SSSR count). The first kappa shape index (κ1) is 15.4. The second kappa shape index (κ2) is 6.33. The maximum Gasteiger partial charge on any atom is 0.322 e. The molecule has 24 heavy (non-hydrogen) atoms. The van der Waals surface area contributed by atoms with Gasteiger partial charge in [0.15, 0.2) is 0 Å². The number of phenols is 1. The lowest BCUT2D eigenvalue weighted by Crippen LogP contribution is -2.29. The Hall–Kier alpha value is -3.48. The lowest BCUT2D eigenvalue weighted by molar-refractivity contribution is -0.135. The number of carboxylic acid groups (broad SMARTS) is 1. The van der Waals surface area contributed by atoms with Crippen molar-refractivity contribution in [2.45, 2.75) is 0 Å². The first-order valence-corrected chi connectivity index (χ1v) is 7.10. The average Bonchev–Trinajstić information content (AvgIpc) is 2.60. The molecule has 7 nitrogen and oxygen atoms in total. The normalized spacial score (nSPS) is 10.5. The van der Waals surface area contributed by atoms with Crippen LogP contribution in [-0.4, -0.2) is 38.6 Å². The monoisotopic (exact) mass is 323 g/mol. The zero-order chi connectivity index (χ0) is 17.1. The number of carbonyl (C=O) groups excluding carboxylic acids is 1. The van der Waals surface area contributed by atoms with Gasteiger partial charge in [-0.1, -0.05) is 30.3 Å². The average molecular weight is 323 g/mol. The number of hydrogen-bond acceptors (Lipinski definition) is 5. The first-order chi connectivity index (χ1) is 11.6. The van der Waals surface area contributed by atoms with Crippen molar-refractivity contribution in [2.75, 3.05) is 6.54 Å². The first-order valence-electron chi connectivity index (χ1n) is 7.10. The quantitative estimate of drug-likeness (QED) is 0.675. The van der Waals surface area contributed by atoms with Crippen LogP contribution in [0.2, 0.25) is 0 Å². The van der Waals surface area contributed by atoms with E-state index in [0.717, 1.165) is 5.56 Å². The van der Waals surface area contributed by atoms with Gasteiger partial charge < -0.3 is 15.5 Å². The highest BCUT2D eigenvalue weighted by Crippen LogP contribution is 2.26. The summed E-state index contributed by atoms with van der Waals surface area (Å²) < 4.78 is 0. The van der Waals surface area contributed by atoms with E-state index in [9.17, 15) is 14.7 Å². The van der Waals surface area contributed by atoms with Crippen LogP contribution in [0.5, 0.6) is 5.75 Å². The maximum atomic E-state index is 12.1. The summed E-state index contributed by atoms with van der Waals surface area (Å²) in [5, 5.41) is 20.8. The van der Waals surface area contributed by atoms with Crippen molar-refractivity contribution in [1.29, 1.82) is 0 Å². The van der Waals surface area contributed by atoms with Crippen molar-refractivity contribution in [3.8, 4) is 17.0 Å². The number of amides is 1. The van der Waals surface area contributed by atoms with Gasteiger partial charge in [0.1, 0.15) is 23.4 Å². The number of nitrogens with one attached hydrogen (secondary N) is 1. The fourth-order valence-electron chi connectivity index (χ4n) is 2.29. The molecule has 3 aromatic rings. The SMILES string of the molecule is O=C(O)CNC(=O)c1c(O)ccc2nc(-c3ccccc3)cnc12. The Bertz CT molecular complexity index is 926. The number of aromatic nitrogens is 2. The van der Waals surface area contributed by atoms with Crippen LogP contribution in [0.3, 0.4) is 0 Å². The van der Waals surface area contributed by atoms with Crippen LogP contribution >= 0.6 is 0 Å². The number of rotatable bonds is 4. The van der Waals surface area contributed by atoms with Gasteiger partial charge in [0, 0.05) is 5.56 Å². The Labute approximate surface area is 136 Å². The molecule has 0 spiro atoms. The molecule has 3 N–H and O–H groups in total. The van der Waals surface area contributed by atoms with Gasteiger partial charge in [-0.2, -0.15) is 0 Å². The second-order valence-electron chi connectivity index (χ2n) is 5.03. The lowest BCUT2D eigenvalue weighted by atomic mass is 10.1. The van der Waals surface area contributed by atoms with Crippen LogP contribution in [0.4, 0.5) is 0 Å². The van der Waals surface area contributed by atoms with Gasteiger partial charge in [0.2, 0.25) is 0 Å². The third kappa shape index (κ3) is 3.00. The molecule has 1 amide bonds. The predicted octanol–water partition coefficient (Wildman–Crippen LogP) is 1.82. The minimum atomic E-state index is -1.18. The molecule has 0 aliphatic carbocycles. The van der Waals surface area contributed by atoms with Gasteiger partial charge in [-0.3, -0.25) is 14.6 Å². The number of aromatic hydroxyl groups is 1. The third-order valence-corrected chi connectivity index (χ3v) is 3.39. The van der Waals surface area contributed by atoms with Crippen LogP contribution < -0.4 is 5.32 Å². The number of phenolic OH excluding ortho intramolecular Hbond substituents is 1. The molecule has 7 heteroatoms. The standard InChI is InChI=1S/C17H13N3O4/c21-13-7-6-11-16(15(13)17(24)19-9-14(22)23)18-8-12(20-11)10-4-2-1-3-5-10/h1-8,21H,9H2,(H,19,24)(H,22,23). The summed E-state index contributed by atoms with van der Waals surface area (Å²) in [6.07, 6.45) is 1.51. The molecule has 1 heterocycles. The van der Waals surface area contributed by atoms with Crippen molar-refractivity contribution in [3.05, 3.63) is 54.2 Å². The fraction of sp³-hybridized carbons (Fsp3) is 0.0588. The lowest BCUT2D eigenvalue weighted by Gasteiger charge is -2.09. The number of fused-ring (bicyclic) bond motifs is 1. The van der Waals surface area contributed by atoms with E-state index >= 15 is 0 Å². The van der Waals surface area contributed by atoms with Crippen LogP contribution in [0.25, 0.3) is 22.3 Å². The molecule has 0 atom stereocenters. The van der Waals surface area contributed by atoms with E-state index < -0.39 is 18.4 Å². The van der Waals surface area contributed by atoms with E-state index in [1.54, 1.807) is 6.07 Å². The molecule has 0 aliphatic heterocycles. The highest BCUT2D eigenvalue weighted by atomic mass is 16.4. The van der Waals surface area contributed by atoms with E-state index in [1.807, 2.05) is 30.3 Å². The number of benzene rings is 2. The van der Waals surface area contributed by atoms with Gasteiger partial charge in [0.25, 0.3) is 5.91 Å². The maximum absolute atomic E-state index is 12.1. The Kier molecular flexibility index (Phi) is 4.07. The van der Waals surface area contributed by atoms with E-state index in [-0.39, 0.29) is 16.8 Å². The van der Waals surface area contributed by atoms with Crippen molar-refractivity contribution >= 4 is 22.9 Å². The van der Waals surface area contributed by atoms with E-state index in [4.69, 9.17) is 5.11 Å². The molecule has 2 aromatic carbocycles.